The topological polar surface area (TPSA) is 77.8 Å². The molecule has 0 unspecified atom stereocenters. The van der Waals surface area contributed by atoms with E-state index in [1.807, 2.05) is 6.92 Å². The molecular weight excluding hydrogens is 256 g/mol. The summed E-state index contributed by atoms with van der Waals surface area (Å²) < 4.78 is 0. The first-order chi connectivity index (χ1) is 9.54. The fourth-order valence-electron chi connectivity index (χ4n) is 1.85. The van der Waals surface area contributed by atoms with Crippen LogP contribution < -0.4 is 0 Å². The van der Waals surface area contributed by atoms with Crippen LogP contribution in [0.4, 0.5) is 0 Å². The van der Waals surface area contributed by atoms with Gasteiger partial charge in [0.1, 0.15) is 0 Å². The SMILES string of the molecule is CCCC(O)O.CCCCCCCCCCCC(=O)O. The van der Waals surface area contributed by atoms with Crippen LogP contribution >= 0.6 is 0 Å². The molecule has 0 heterocycles. The highest BCUT2D eigenvalue weighted by molar-refractivity contribution is 5.66. The second-order valence-electron chi connectivity index (χ2n) is 5.24. The van der Waals surface area contributed by atoms with Crippen molar-refractivity contribution >= 4 is 5.97 Å². The van der Waals surface area contributed by atoms with Crippen molar-refractivity contribution in [2.45, 2.75) is 97.2 Å². The lowest BCUT2D eigenvalue weighted by Gasteiger charge is -2.00. The third-order valence-electron chi connectivity index (χ3n) is 3.04. The van der Waals surface area contributed by atoms with E-state index < -0.39 is 12.3 Å². The van der Waals surface area contributed by atoms with E-state index in [-0.39, 0.29) is 0 Å². The molecule has 0 aliphatic carbocycles. The van der Waals surface area contributed by atoms with Crippen molar-refractivity contribution in [2.24, 2.45) is 0 Å². The number of aliphatic hydroxyl groups is 2. The lowest BCUT2D eigenvalue weighted by molar-refractivity contribution is -0.137. The Hall–Kier alpha value is -0.610. The van der Waals surface area contributed by atoms with E-state index in [2.05, 4.69) is 6.92 Å². The van der Waals surface area contributed by atoms with E-state index in [9.17, 15) is 4.79 Å². The zero-order valence-corrected chi connectivity index (χ0v) is 13.3. The molecule has 4 nitrogen and oxygen atoms in total. The summed E-state index contributed by atoms with van der Waals surface area (Å²) in [5, 5.41) is 24.6. The molecule has 0 aromatic rings. The van der Waals surface area contributed by atoms with Gasteiger partial charge in [0.2, 0.25) is 0 Å². The van der Waals surface area contributed by atoms with Crippen LogP contribution in [0.25, 0.3) is 0 Å². The monoisotopic (exact) mass is 290 g/mol. The van der Waals surface area contributed by atoms with Gasteiger partial charge in [-0.25, -0.2) is 0 Å². The molecule has 0 amide bonds. The highest BCUT2D eigenvalue weighted by Gasteiger charge is 1.96. The molecule has 0 spiro atoms. The molecule has 0 aliphatic rings. The van der Waals surface area contributed by atoms with Gasteiger partial charge in [0.05, 0.1) is 0 Å². The molecule has 0 aromatic carbocycles. The molecule has 0 aliphatic heterocycles. The third kappa shape index (κ3) is 26.1. The number of aliphatic carboxylic acids is 1. The van der Waals surface area contributed by atoms with Gasteiger partial charge in [0.15, 0.2) is 6.29 Å². The van der Waals surface area contributed by atoms with Gasteiger partial charge < -0.3 is 15.3 Å². The first-order valence-corrected chi connectivity index (χ1v) is 8.12. The molecule has 0 bridgehead atoms. The fourth-order valence-corrected chi connectivity index (χ4v) is 1.85. The smallest absolute Gasteiger partial charge is 0.303 e. The Labute approximate surface area is 124 Å². The second-order valence-corrected chi connectivity index (χ2v) is 5.24. The summed E-state index contributed by atoms with van der Waals surface area (Å²) in [6, 6.07) is 0. The first-order valence-electron chi connectivity index (χ1n) is 8.12. The van der Waals surface area contributed by atoms with Gasteiger partial charge in [0.25, 0.3) is 0 Å². The molecule has 0 saturated carbocycles. The van der Waals surface area contributed by atoms with Crippen molar-refractivity contribution in [3.63, 3.8) is 0 Å². The Morgan fingerprint density at radius 2 is 1.25 bits per heavy atom. The molecule has 0 rings (SSSR count). The van der Waals surface area contributed by atoms with Crippen LogP contribution in [0.2, 0.25) is 0 Å². The summed E-state index contributed by atoms with van der Waals surface area (Å²) in [7, 11) is 0. The van der Waals surface area contributed by atoms with Gasteiger partial charge in [-0.1, -0.05) is 71.6 Å². The Balaban J connectivity index is 0. The van der Waals surface area contributed by atoms with E-state index in [0.717, 1.165) is 19.3 Å². The first kappa shape index (κ1) is 21.7. The van der Waals surface area contributed by atoms with Gasteiger partial charge >= 0.3 is 5.97 Å². The minimum atomic E-state index is -1.10. The van der Waals surface area contributed by atoms with Crippen LogP contribution in [-0.4, -0.2) is 27.6 Å². The van der Waals surface area contributed by atoms with Gasteiger partial charge in [-0.05, 0) is 12.8 Å². The lowest BCUT2D eigenvalue weighted by atomic mass is 10.1. The number of carboxylic acid groups (broad SMARTS) is 1. The maximum absolute atomic E-state index is 10.2. The number of carbonyl (C=O) groups is 1. The van der Waals surface area contributed by atoms with Crippen molar-refractivity contribution < 1.29 is 20.1 Å². The van der Waals surface area contributed by atoms with Crippen molar-refractivity contribution in [1.29, 1.82) is 0 Å². The Morgan fingerprint density at radius 1 is 0.800 bits per heavy atom. The predicted molar refractivity (Wildman–Crippen MR) is 82.6 cm³/mol. The van der Waals surface area contributed by atoms with Gasteiger partial charge in [-0.15, -0.1) is 0 Å². The quantitative estimate of drug-likeness (QED) is 0.374. The highest BCUT2D eigenvalue weighted by atomic mass is 16.5. The summed E-state index contributed by atoms with van der Waals surface area (Å²) in [5.41, 5.74) is 0. The van der Waals surface area contributed by atoms with Gasteiger partial charge in [-0.3, -0.25) is 4.79 Å². The Kier molecular flexibility index (Phi) is 19.9. The van der Waals surface area contributed by atoms with Crippen molar-refractivity contribution in [3.05, 3.63) is 0 Å². The number of rotatable bonds is 12. The van der Waals surface area contributed by atoms with E-state index in [0.29, 0.717) is 12.8 Å². The molecular formula is C16H34O4. The summed E-state index contributed by atoms with van der Waals surface area (Å²) in [4.78, 5) is 10.2. The van der Waals surface area contributed by atoms with E-state index >= 15 is 0 Å². The molecule has 0 atom stereocenters. The fraction of sp³-hybridized carbons (Fsp3) is 0.938. The molecule has 4 heteroatoms. The van der Waals surface area contributed by atoms with Crippen LogP contribution in [-0.2, 0) is 4.79 Å². The molecule has 3 N–H and O–H groups in total. The summed E-state index contributed by atoms with van der Waals surface area (Å²) in [6.07, 6.45) is 11.7. The zero-order chi connectivity index (χ0) is 15.6. The number of hydrogen-bond donors (Lipinski definition) is 3. The zero-order valence-electron chi connectivity index (χ0n) is 13.3. The average molecular weight is 290 g/mol. The van der Waals surface area contributed by atoms with Gasteiger partial charge in [0, 0.05) is 6.42 Å². The average Bonchev–Trinajstić information content (AvgIpc) is 2.37. The minimum absolute atomic E-state index is 0.343. The van der Waals surface area contributed by atoms with Crippen LogP contribution in [0.3, 0.4) is 0 Å². The lowest BCUT2D eigenvalue weighted by Crippen LogP contribution is -2.01. The summed E-state index contributed by atoms with van der Waals surface area (Å²) in [6.45, 7) is 4.13. The maximum Gasteiger partial charge on any atom is 0.303 e. The number of hydrogen-bond acceptors (Lipinski definition) is 3. The molecule has 0 aromatic heterocycles. The molecule has 0 fully saturated rings. The normalized spacial score (nSPS) is 10.2. The van der Waals surface area contributed by atoms with Crippen molar-refractivity contribution in [2.75, 3.05) is 0 Å². The van der Waals surface area contributed by atoms with Crippen LogP contribution in [0.15, 0.2) is 0 Å². The summed E-state index contributed by atoms with van der Waals surface area (Å²) in [5.74, 6) is -0.659. The number of carboxylic acids is 1. The predicted octanol–water partition coefficient (Wildman–Crippen LogP) is 4.09. The largest absolute Gasteiger partial charge is 0.481 e. The van der Waals surface area contributed by atoms with Crippen LogP contribution in [0.1, 0.15) is 90.9 Å². The molecule has 0 radical (unpaired) electrons. The maximum atomic E-state index is 10.2. The highest BCUT2D eigenvalue weighted by Crippen LogP contribution is 2.10. The minimum Gasteiger partial charge on any atom is -0.481 e. The Bertz CT molecular complexity index is 193. The van der Waals surface area contributed by atoms with E-state index in [4.69, 9.17) is 15.3 Å². The molecule has 0 saturated heterocycles. The Morgan fingerprint density at radius 3 is 1.55 bits per heavy atom. The van der Waals surface area contributed by atoms with E-state index in [1.165, 1.54) is 44.9 Å². The van der Waals surface area contributed by atoms with Gasteiger partial charge in [-0.2, -0.15) is 0 Å². The third-order valence-corrected chi connectivity index (χ3v) is 3.04. The standard InChI is InChI=1S/C12H24O2.C4H10O2/c1-2-3-4-5-6-7-8-9-10-11-12(13)14;1-2-3-4(5)6/h2-11H2,1H3,(H,13,14);4-6H,2-3H2,1H3. The van der Waals surface area contributed by atoms with Crippen LogP contribution in [0, 0.1) is 0 Å². The molecule has 122 valence electrons. The van der Waals surface area contributed by atoms with Crippen molar-refractivity contribution in [3.8, 4) is 0 Å². The van der Waals surface area contributed by atoms with Crippen molar-refractivity contribution in [1.82, 2.24) is 0 Å². The molecule has 20 heavy (non-hydrogen) atoms. The van der Waals surface area contributed by atoms with Crippen LogP contribution in [0.5, 0.6) is 0 Å². The number of aliphatic hydroxyl groups excluding tert-OH is 1. The second kappa shape index (κ2) is 18.4. The van der Waals surface area contributed by atoms with E-state index in [1.54, 1.807) is 0 Å². The number of unbranched alkanes of at least 4 members (excludes halogenated alkanes) is 8. The summed E-state index contributed by atoms with van der Waals surface area (Å²) >= 11 is 0.